The number of carbonyl (C=O) groups excluding carboxylic acids is 1. The smallest absolute Gasteiger partial charge is 0.241 e. The number of hydrogen-bond donors (Lipinski definition) is 1. The van der Waals surface area contributed by atoms with Gasteiger partial charge in [0.1, 0.15) is 0 Å². The number of rotatable bonds is 9. The van der Waals surface area contributed by atoms with Crippen LogP contribution in [0.15, 0.2) is 0 Å². The maximum atomic E-state index is 12.4. The van der Waals surface area contributed by atoms with Gasteiger partial charge < -0.3 is 9.64 Å². The molecule has 2 atom stereocenters. The van der Waals surface area contributed by atoms with Gasteiger partial charge in [0.05, 0.1) is 18.3 Å². The van der Waals surface area contributed by atoms with E-state index >= 15 is 0 Å². The Balaban J connectivity index is 2.36. The second kappa shape index (κ2) is 8.63. The molecule has 4 heteroatoms. The van der Waals surface area contributed by atoms with Gasteiger partial charge in [0.2, 0.25) is 5.91 Å². The first-order valence-electron chi connectivity index (χ1n) is 8.13. The van der Waals surface area contributed by atoms with Crippen molar-refractivity contribution < 1.29 is 9.53 Å². The first kappa shape index (κ1) is 17.4. The summed E-state index contributed by atoms with van der Waals surface area (Å²) in [5.74, 6) is 0.837. The summed E-state index contributed by atoms with van der Waals surface area (Å²) in [6.45, 7) is 12.2. The number of amides is 1. The summed E-state index contributed by atoms with van der Waals surface area (Å²) in [7, 11) is 0. The van der Waals surface area contributed by atoms with Crippen LogP contribution in [0.4, 0.5) is 0 Å². The van der Waals surface area contributed by atoms with E-state index in [-0.39, 0.29) is 18.1 Å². The predicted octanol–water partition coefficient (Wildman–Crippen LogP) is 2.77. The lowest BCUT2D eigenvalue weighted by Gasteiger charge is -2.23. The van der Waals surface area contributed by atoms with Crippen molar-refractivity contribution in [2.24, 2.45) is 5.92 Å². The molecule has 0 aromatic heterocycles. The molecule has 1 amide bonds. The highest BCUT2D eigenvalue weighted by atomic mass is 16.5. The van der Waals surface area contributed by atoms with Gasteiger partial charge in [0.25, 0.3) is 0 Å². The zero-order chi connectivity index (χ0) is 15.1. The lowest BCUT2D eigenvalue weighted by Crippen LogP contribution is -2.37. The van der Waals surface area contributed by atoms with Crippen molar-refractivity contribution in [1.82, 2.24) is 10.2 Å². The Morgan fingerprint density at radius 2 is 1.95 bits per heavy atom. The van der Waals surface area contributed by atoms with E-state index in [9.17, 15) is 4.79 Å². The molecule has 20 heavy (non-hydrogen) atoms. The lowest BCUT2D eigenvalue weighted by atomic mass is 10.0. The van der Waals surface area contributed by atoms with E-state index in [0.717, 1.165) is 38.8 Å². The van der Waals surface area contributed by atoms with Crippen LogP contribution in [0.25, 0.3) is 0 Å². The molecular formula is C16H32N2O2. The largest absolute Gasteiger partial charge is 0.379 e. The zero-order valence-electron chi connectivity index (χ0n) is 13.8. The third-order valence-corrected chi connectivity index (χ3v) is 3.69. The fraction of sp³-hybridized carbons (Fsp3) is 0.938. The zero-order valence-corrected chi connectivity index (χ0v) is 13.8. The van der Waals surface area contributed by atoms with E-state index < -0.39 is 0 Å². The molecule has 0 bridgehead atoms. The number of carbonyl (C=O) groups is 1. The Bertz CT molecular complexity index is 292. The topological polar surface area (TPSA) is 41.6 Å². The summed E-state index contributed by atoms with van der Waals surface area (Å²) in [5, 5.41) is 3.48. The molecular weight excluding hydrogens is 252 g/mol. The molecule has 1 aliphatic rings. The van der Waals surface area contributed by atoms with E-state index in [4.69, 9.17) is 4.74 Å². The van der Waals surface area contributed by atoms with Crippen molar-refractivity contribution in [2.75, 3.05) is 13.2 Å². The molecule has 1 aliphatic heterocycles. The Morgan fingerprint density at radius 3 is 2.50 bits per heavy atom. The van der Waals surface area contributed by atoms with Gasteiger partial charge in [-0.15, -0.1) is 0 Å². The second-order valence-corrected chi connectivity index (χ2v) is 6.43. The standard InChI is InChI=1S/C16H32N2O2/c1-6-15-17-14(11-12(2)3)16(19)18(15)9-7-8-10-20-13(4)5/h12-15,17H,6-11H2,1-5H3. The van der Waals surface area contributed by atoms with Crippen LogP contribution in [0, 0.1) is 5.92 Å². The molecule has 0 aromatic rings. The second-order valence-electron chi connectivity index (χ2n) is 6.43. The molecule has 0 aliphatic carbocycles. The monoisotopic (exact) mass is 284 g/mol. The third kappa shape index (κ3) is 5.41. The van der Waals surface area contributed by atoms with Crippen LogP contribution in [0.2, 0.25) is 0 Å². The number of ether oxygens (including phenoxy) is 1. The van der Waals surface area contributed by atoms with Gasteiger partial charge >= 0.3 is 0 Å². The van der Waals surface area contributed by atoms with Crippen LogP contribution in [0.3, 0.4) is 0 Å². The molecule has 0 saturated carbocycles. The van der Waals surface area contributed by atoms with Crippen molar-refractivity contribution in [2.45, 2.75) is 78.6 Å². The molecule has 1 saturated heterocycles. The Hall–Kier alpha value is -0.610. The highest BCUT2D eigenvalue weighted by Crippen LogP contribution is 2.19. The molecule has 0 spiro atoms. The van der Waals surface area contributed by atoms with Gasteiger partial charge in [-0.3, -0.25) is 10.1 Å². The van der Waals surface area contributed by atoms with Crippen LogP contribution < -0.4 is 5.32 Å². The van der Waals surface area contributed by atoms with Crippen LogP contribution in [-0.4, -0.2) is 42.3 Å². The first-order valence-corrected chi connectivity index (χ1v) is 8.13. The van der Waals surface area contributed by atoms with E-state index in [1.54, 1.807) is 0 Å². The number of unbranched alkanes of at least 4 members (excludes halogenated alkanes) is 1. The summed E-state index contributed by atoms with van der Waals surface area (Å²) >= 11 is 0. The Morgan fingerprint density at radius 1 is 1.25 bits per heavy atom. The van der Waals surface area contributed by atoms with Crippen LogP contribution in [0.5, 0.6) is 0 Å². The number of nitrogens with zero attached hydrogens (tertiary/aromatic N) is 1. The van der Waals surface area contributed by atoms with Gasteiger partial charge in [-0.2, -0.15) is 0 Å². The van der Waals surface area contributed by atoms with Crippen molar-refractivity contribution in [3.05, 3.63) is 0 Å². The minimum Gasteiger partial charge on any atom is -0.379 e. The van der Waals surface area contributed by atoms with Gasteiger partial charge in [0.15, 0.2) is 0 Å². The average molecular weight is 284 g/mol. The molecule has 1 heterocycles. The molecule has 1 rings (SSSR count). The van der Waals surface area contributed by atoms with Gasteiger partial charge in [-0.05, 0) is 45.4 Å². The molecule has 1 N–H and O–H groups in total. The van der Waals surface area contributed by atoms with E-state index in [2.05, 4.69) is 39.9 Å². The third-order valence-electron chi connectivity index (χ3n) is 3.69. The minimum atomic E-state index is 0.0202. The Labute approximate surface area is 124 Å². The number of nitrogens with one attached hydrogen (secondary N) is 1. The molecule has 4 nitrogen and oxygen atoms in total. The molecule has 0 radical (unpaired) electrons. The number of hydrogen-bond acceptors (Lipinski definition) is 3. The van der Waals surface area contributed by atoms with Gasteiger partial charge in [-0.1, -0.05) is 20.8 Å². The normalized spacial score (nSPS) is 23.4. The summed E-state index contributed by atoms with van der Waals surface area (Å²) in [5.41, 5.74) is 0. The SMILES string of the molecule is CCC1NC(CC(C)C)C(=O)N1CCCCOC(C)C. The van der Waals surface area contributed by atoms with E-state index in [1.807, 2.05) is 4.90 Å². The maximum absolute atomic E-state index is 12.4. The predicted molar refractivity (Wildman–Crippen MR) is 82.5 cm³/mol. The quantitative estimate of drug-likeness (QED) is 0.662. The summed E-state index contributed by atoms with van der Waals surface area (Å²) < 4.78 is 5.54. The summed E-state index contributed by atoms with van der Waals surface area (Å²) in [6.07, 6.45) is 4.46. The van der Waals surface area contributed by atoms with Gasteiger partial charge in [-0.25, -0.2) is 0 Å². The van der Waals surface area contributed by atoms with Crippen molar-refractivity contribution in [3.63, 3.8) is 0 Å². The fourth-order valence-electron chi connectivity index (χ4n) is 2.70. The summed E-state index contributed by atoms with van der Waals surface area (Å²) in [4.78, 5) is 14.4. The van der Waals surface area contributed by atoms with Gasteiger partial charge in [0, 0.05) is 13.2 Å². The van der Waals surface area contributed by atoms with E-state index in [0.29, 0.717) is 12.0 Å². The van der Waals surface area contributed by atoms with Crippen molar-refractivity contribution >= 4 is 5.91 Å². The average Bonchev–Trinajstić information content (AvgIpc) is 2.65. The highest BCUT2D eigenvalue weighted by molar-refractivity contribution is 5.84. The van der Waals surface area contributed by atoms with E-state index in [1.165, 1.54) is 0 Å². The van der Waals surface area contributed by atoms with Crippen LogP contribution in [0.1, 0.15) is 60.3 Å². The maximum Gasteiger partial charge on any atom is 0.241 e. The summed E-state index contributed by atoms with van der Waals surface area (Å²) in [6, 6.07) is 0.0202. The fourth-order valence-corrected chi connectivity index (χ4v) is 2.70. The Kier molecular flexibility index (Phi) is 7.52. The minimum absolute atomic E-state index is 0.0202. The molecule has 118 valence electrons. The van der Waals surface area contributed by atoms with Crippen molar-refractivity contribution in [1.29, 1.82) is 0 Å². The molecule has 1 fully saturated rings. The van der Waals surface area contributed by atoms with Crippen LogP contribution in [-0.2, 0) is 9.53 Å². The molecule has 0 aromatic carbocycles. The first-order chi connectivity index (χ1) is 9.45. The van der Waals surface area contributed by atoms with Crippen molar-refractivity contribution in [3.8, 4) is 0 Å². The highest BCUT2D eigenvalue weighted by Gasteiger charge is 2.37. The molecule has 2 unspecified atom stereocenters. The lowest BCUT2D eigenvalue weighted by molar-refractivity contribution is -0.130. The van der Waals surface area contributed by atoms with Crippen LogP contribution >= 0.6 is 0 Å².